The molecule has 8 rings (SSSR count). The highest BCUT2D eigenvalue weighted by Gasteiger charge is 2.20. The van der Waals surface area contributed by atoms with Crippen LogP contribution in [0.1, 0.15) is 29.7 Å². The van der Waals surface area contributed by atoms with Crippen molar-refractivity contribution in [2.75, 3.05) is 5.32 Å². The second-order valence-corrected chi connectivity index (χ2v) is 10.6. The number of hydrogen-bond acceptors (Lipinski definition) is 1. The molecule has 1 nitrogen and oxygen atoms in total. The Morgan fingerprint density at radius 1 is 0.553 bits per heavy atom. The van der Waals surface area contributed by atoms with Crippen molar-refractivity contribution in [1.82, 2.24) is 0 Å². The summed E-state index contributed by atoms with van der Waals surface area (Å²) < 4.78 is 0. The Labute approximate surface area is 222 Å². The second-order valence-electron chi connectivity index (χ2n) is 10.6. The fourth-order valence-electron chi connectivity index (χ4n) is 6.61. The zero-order valence-corrected chi connectivity index (χ0v) is 21.3. The van der Waals surface area contributed by atoms with E-state index in [2.05, 4.69) is 134 Å². The van der Waals surface area contributed by atoms with E-state index in [-0.39, 0.29) is 6.04 Å². The minimum atomic E-state index is 0.218. The van der Waals surface area contributed by atoms with E-state index in [9.17, 15) is 0 Å². The first-order valence-electron chi connectivity index (χ1n) is 13.5. The fraction of sp³-hybridized carbons (Fsp3) is 0.0811. The Morgan fingerprint density at radius 3 is 2.16 bits per heavy atom. The van der Waals surface area contributed by atoms with Crippen molar-refractivity contribution in [2.24, 2.45) is 0 Å². The van der Waals surface area contributed by atoms with Crippen LogP contribution in [0.4, 0.5) is 5.69 Å². The van der Waals surface area contributed by atoms with Crippen LogP contribution in [0.25, 0.3) is 54.6 Å². The number of hydrogen-bond donors (Lipinski definition) is 1. The molecule has 1 heterocycles. The Balaban J connectivity index is 1.39. The van der Waals surface area contributed by atoms with Crippen molar-refractivity contribution >= 4 is 38.0 Å². The van der Waals surface area contributed by atoms with Gasteiger partial charge in [0.15, 0.2) is 0 Å². The first kappa shape index (κ1) is 21.5. The average molecular weight is 486 g/mol. The summed E-state index contributed by atoms with van der Waals surface area (Å²) in [7, 11) is 0. The third-order valence-corrected chi connectivity index (χ3v) is 8.43. The molecule has 180 valence electrons. The number of nitrogens with one attached hydrogen (secondary N) is 1. The molecular formula is C37H27N. The lowest BCUT2D eigenvalue weighted by molar-refractivity contribution is 0.885. The minimum Gasteiger partial charge on any atom is -0.378 e. The molecule has 38 heavy (non-hydrogen) atoms. The average Bonchev–Trinajstić information content (AvgIpc) is 3.01. The number of rotatable bonds is 1. The molecule has 1 unspecified atom stereocenters. The molecule has 1 heteroatoms. The SMILES string of the molecule is CC1Nc2ccccc2Cc2cc(-c3ccc4ccc5cccc6ccc3c4c56)ccc2-c2ccccc21. The molecule has 0 spiro atoms. The Morgan fingerprint density at radius 2 is 1.26 bits per heavy atom. The van der Waals surface area contributed by atoms with E-state index < -0.39 is 0 Å². The van der Waals surface area contributed by atoms with Crippen LogP contribution in [0.5, 0.6) is 0 Å². The predicted octanol–water partition coefficient (Wildman–Crippen LogP) is 10.00. The highest BCUT2D eigenvalue weighted by atomic mass is 14.9. The van der Waals surface area contributed by atoms with E-state index in [1.165, 1.54) is 76.9 Å². The first-order chi connectivity index (χ1) is 18.7. The van der Waals surface area contributed by atoms with Crippen LogP contribution in [-0.4, -0.2) is 0 Å². The van der Waals surface area contributed by atoms with Crippen LogP contribution in [0.2, 0.25) is 0 Å². The largest absolute Gasteiger partial charge is 0.378 e. The van der Waals surface area contributed by atoms with E-state index in [0.29, 0.717) is 0 Å². The van der Waals surface area contributed by atoms with Crippen molar-refractivity contribution in [3.8, 4) is 22.3 Å². The molecule has 0 saturated carbocycles. The molecular weight excluding hydrogens is 458 g/mol. The summed E-state index contributed by atoms with van der Waals surface area (Å²) in [4.78, 5) is 0. The van der Waals surface area contributed by atoms with E-state index in [1.54, 1.807) is 0 Å². The van der Waals surface area contributed by atoms with Crippen LogP contribution in [0, 0.1) is 0 Å². The lowest BCUT2D eigenvalue weighted by atomic mass is 9.86. The van der Waals surface area contributed by atoms with Gasteiger partial charge < -0.3 is 5.32 Å². The van der Waals surface area contributed by atoms with Gasteiger partial charge in [-0.05, 0) is 84.3 Å². The van der Waals surface area contributed by atoms with E-state index in [0.717, 1.165) is 6.42 Å². The third-order valence-electron chi connectivity index (χ3n) is 8.43. The molecule has 1 N–H and O–H groups in total. The van der Waals surface area contributed by atoms with Crippen LogP contribution in [-0.2, 0) is 6.42 Å². The van der Waals surface area contributed by atoms with Crippen LogP contribution in [0.15, 0.2) is 121 Å². The van der Waals surface area contributed by atoms with Crippen molar-refractivity contribution < 1.29 is 0 Å². The Hall–Kier alpha value is -4.62. The molecule has 1 aliphatic rings. The van der Waals surface area contributed by atoms with Gasteiger partial charge in [-0.2, -0.15) is 0 Å². The van der Waals surface area contributed by atoms with Crippen LogP contribution < -0.4 is 5.32 Å². The third kappa shape index (κ3) is 3.18. The predicted molar refractivity (Wildman–Crippen MR) is 162 cm³/mol. The summed E-state index contributed by atoms with van der Waals surface area (Å²) in [6.07, 6.45) is 0.888. The molecule has 0 aromatic heterocycles. The van der Waals surface area contributed by atoms with Crippen molar-refractivity contribution in [3.63, 3.8) is 0 Å². The molecule has 1 atom stereocenters. The van der Waals surface area contributed by atoms with Crippen LogP contribution >= 0.6 is 0 Å². The monoisotopic (exact) mass is 485 g/mol. The number of benzene rings is 7. The number of anilines is 1. The maximum atomic E-state index is 3.79. The summed E-state index contributed by atoms with van der Waals surface area (Å²) in [5, 5.41) is 11.8. The second kappa shape index (κ2) is 8.19. The normalized spacial score (nSPS) is 14.8. The molecule has 0 amide bonds. The maximum Gasteiger partial charge on any atom is 0.0491 e. The standard InChI is InChI=1S/C37H27N/c1-23-30-10-3-4-11-33(30)32-19-17-27(21-29(32)22-28-7-2-5-12-35(28)38-23)31-18-15-26-14-13-24-8-6-9-25-16-20-34(31)37(26)36(24)25/h2-21,23,38H,22H2,1H3. The topological polar surface area (TPSA) is 12.0 Å². The molecule has 0 aliphatic carbocycles. The Bertz CT molecular complexity index is 1980. The van der Waals surface area contributed by atoms with Gasteiger partial charge in [0.1, 0.15) is 0 Å². The smallest absolute Gasteiger partial charge is 0.0491 e. The lowest BCUT2D eigenvalue weighted by Crippen LogP contribution is -2.08. The maximum absolute atomic E-state index is 3.79. The zero-order valence-electron chi connectivity index (χ0n) is 21.3. The summed E-state index contributed by atoms with van der Waals surface area (Å²) in [5.41, 5.74) is 10.5. The summed E-state index contributed by atoms with van der Waals surface area (Å²) in [6, 6.07) is 45.3. The van der Waals surface area contributed by atoms with Gasteiger partial charge in [0, 0.05) is 18.2 Å². The lowest BCUT2D eigenvalue weighted by Gasteiger charge is -2.19. The first-order valence-corrected chi connectivity index (χ1v) is 13.5. The van der Waals surface area contributed by atoms with E-state index in [1.807, 2.05) is 0 Å². The Kier molecular flexibility index (Phi) is 4.63. The molecule has 7 aromatic rings. The molecule has 7 aromatic carbocycles. The number of para-hydroxylation sites is 1. The quantitative estimate of drug-likeness (QED) is 0.228. The highest BCUT2D eigenvalue weighted by molar-refractivity contribution is 6.25. The van der Waals surface area contributed by atoms with E-state index >= 15 is 0 Å². The summed E-state index contributed by atoms with van der Waals surface area (Å²) in [6.45, 7) is 2.26. The molecule has 0 saturated heterocycles. The van der Waals surface area contributed by atoms with E-state index in [4.69, 9.17) is 0 Å². The van der Waals surface area contributed by atoms with Crippen molar-refractivity contribution in [2.45, 2.75) is 19.4 Å². The van der Waals surface area contributed by atoms with Gasteiger partial charge >= 0.3 is 0 Å². The molecule has 0 fully saturated rings. The fourth-order valence-corrected chi connectivity index (χ4v) is 6.61. The van der Waals surface area contributed by atoms with Crippen molar-refractivity contribution in [1.29, 1.82) is 0 Å². The van der Waals surface area contributed by atoms with Gasteiger partial charge in [-0.15, -0.1) is 0 Å². The highest BCUT2D eigenvalue weighted by Crippen LogP contribution is 2.42. The minimum absolute atomic E-state index is 0.218. The van der Waals surface area contributed by atoms with Gasteiger partial charge in [-0.3, -0.25) is 0 Å². The van der Waals surface area contributed by atoms with Gasteiger partial charge in [0.2, 0.25) is 0 Å². The van der Waals surface area contributed by atoms with Crippen LogP contribution in [0.3, 0.4) is 0 Å². The summed E-state index contributed by atoms with van der Waals surface area (Å²) >= 11 is 0. The number of fused-ring (bicyclic) bond motifs is 4. The van der Waals surface area contributed by atoms with Gasteiger partial charge in [0.25, 0.3) is 0 Å². The van der Waals surface area contributed by atoms with Gasteiger partial charge in [0.05, 0.1) is 0 Å². The van der Waals surface area contributed by atoms with Gasteiger partial charge in [-0.1, -0.05) is 115 Å². The summed E-state index contributed by atoms with van der Waals surface area (Å²) in [5.74, 6) is 0. The molecule has 0 radical (unpaired) electrons. The zero-order chi connectivity index (χ0) is 25.2. The molecule has 0 bridgehead atoms. The van der Waals surface area contributed by atoms with Crippen molar-refractivity contribution in [3.05, 3.63) is 138 Å². The molecule has 1 aliphatic heterocycles. The van der Waals surface area contributed by atoms with Gasteiger partial charge in [-0.25, -0.2) is 0 Å².